The van der Waals surface area contributed by atoms with Crippen LogP contribution in [0.5, 0.6) is 0 Å². The number of carbonyl (C=O) groups excluding carboxylic acids is 2. The van der Waals surface area contributed by atoms with Crippen molar-refractivity contribution in [3.63, 3.8) is 0 Å². The van der Waals surface area contributed by atoms with E-state index in [-0.39, 0.29) is 11.8 Å². The molecule has 1 aliphatic rings. The number of rotatable bonds is 4. The molecule has 24 heavy (non-hydrogen) atoms. The third-order valence-electron chi connectivity index (χ3n) is 4.29. The van der Waals surface area contributed by atoms with Crippen molar-refractivity contribution in [3.05, 3.63) is 69.7 Å². The average Bonchev–Trinajstić information content (AvgIpc) is 2.59. The fourth-order valence-electron chi connectivity index (χ4n) is 3.07. The molecule has 0 aromatic heterocycles. The maximum atomic E-state index is 12.8. The largest absolute Gasteiger partial charge is 0.350 e. The van der Waals surface area contributed by atoms with E-state index in [4.69, 9.17) is 0 Å². The van der Waals surface area contributed by atoms with Gasteiger partial charge in [0, 0.05) is 17.6 Å². The maximum Gasteiger partial charge on any atom is 0.247 e. The highest BCUT2D eigenvalue weighted by molar-refractivity contribution is 9.10. The summed E-state index contributed by atoms with van der Waals surface area (Å²) in [5.74, 6) is -0.139. The molecule has 2 aromatic rings. The summed E-state index contributed by atoms with van der Waals surface area (Å²) in [4.78, 5) is 26.8. The highest BCUT2D eigenvalue weighted by atomic mass is 79.9. The zero-order valence-electron chi connectivity index (χ0n) is 13.5. The van der Waals surface area contributed by atoms with E-state index in [1.807, 2.05) is 55.5 Å². The molecule has 0 fully saturated rings. The van der Waals surface area contributed by atoms with Crippen LogP contribution in [0.15, 0.2) is 53.0 Å². The van der Waals surface area contributed by atoms with Gasteiger partial charge < -0.3 is 10.2 Å². The normalized spacial score (nSPS) is 16.7. The van der Waals surface area contributed by atoms with Crippen LogP contribution >= 0.6 is 15.9 Å². The average molecular weight is 387 g/mol. The molecule has 1 heterocycles. The van der Waals surface area contributed by atoms with Crippen molar-refractivity contribution in [2.45, 2.75) is 25.9 Å². The second-order valence-electron chi connectivity index (χ2n) is 5.80. The van der Waals surface area contributed by atoms with Crippen LogP contribution in [0.2, 0.25) is 0 Å². The van der Waals surface area contributed by atoms with Gasteiger partial charge in [0.25, 0.3) is 0 Å². The van der Waals surface area contributed by atoms with E-state index in [1.165, 1.54) is 0 Å². The first-order valence-electron chi connectivity index (χ1n) is 7.99. The Balaban J connectivity index is 1.81. The molecule has 5 heteroatoms. The first-order chi connectivity index (χ1) is 11.6. The topological polar surface area (TPSA) is 49.4 Å². The van der Waals surface area contributed by atoms with Gasteiger partial charge in [0.2, 0.25) is 11.8 Å². The van der Waals surface area contributed by atoms with Crippen LogP contribution in [-0.2, 0) is 22.6 Å². The number of benzene rings is 2. The Morgan fingerprint density at radius 2 is 1.92 bits per heavy atom. The first kappa shape index (κ1) is 16.7. The molecule has 0 saturated carbocycles. The van der Waals surface area contributed by atoms with Crippen LogP contribution < -0.4 is 5.32 Å². The fraction of sp³-hybridized carbons (Fsp3) is 0.263. The zero-order chi connectivity index (χ0) is 17.1. The van der Waals surface area contributed by atoms with Crippen LogP contribution in [0.1, 0.15) is 29.7 Å². The minimum Gasteiger partial charge on any atom is -0.350 e. The van der Waals surface area contributed by atoms with Crippen LogP contribution in [0.3, 0.4) is 0 Å². The third-order valence-corrected chi connectivity index (χ3v) is 4.82. The lowest BCUT2D eigenvalue weighted by molar-refractivity contribution is -0.141. The monoisotopic (exact) mass is 386 g/mol. The Morgan fingerprint density at radius 3 is 2.62 bits per heavy atom. The summed E-state index contributed by atoms with van der Waals surface area (Å²) in [5, 5.41) is 2.97. The predicted molar refractivity (Wildman–Crippen MR) is 96.3 cm³/mol. The molecule has 1 aliphatic heterocycles. The molecule has 124 valence electrons. The Kier molecular flexibility index (Phi) is 5.00. The molecule has 0 spiro atoms. The summed E-state index contributed by atoms with van der Waals surface area (Å²) in [6.45, 7) is 2.86. The molecule has 4 nitrogen and oxygen atoms in total. The summed E-state index contributed by atoms with van der Waals surface area (Å²) in [7, 11) is 0. The molecule has 0 bridgehead atoms. The van der Waals surface area contributed by atoms with Crippen molar-refractivity contribution >= 4 is 27.7 Å². The van der Waals surface area contributed by atoms with Gasteiger partial charge in [-0.25, -0.2) is 0 Å². The highest BCUT2D eigenvalue weighted by Gasteiger charge is 2.35. The predicted octanol–water partition coefficient (Wildman–Crippen LogP) is 3.21. The number of likely N-dealkylation sites (N-methyl/N-ethyl adjacent to an activating group) is 1. The molecule has 1 N–H and O–H groups in total. The SMILES string of the molecule is CCN1C(=O)Cc2ccccc2C1C(=O)NCc1ccc(Br)cc1. The van der Waals surface area contributed by atoms with Gasteiger partial charge in [-0.05, 0) is 35.7 Å². The van der Waals surface area contributed by atoms with Crippen molar-refractivity contribution in [1.82, 2.24) is 10.2 Å². The number of hydrogen-bond acceptors (Lipinski definition) is 2. The van der Waals surface area contributed by atoms with Crippen LogP contribution in [0, 0.1) is 0 Å². The molecule has 0 radical (unpaired) electrons. The van der Waals surface area contributed by atoms with Gasteiger partial charge in [0.1, 0.15) is 6.04 Å². The van der Waals surface area contributed by atoms with Gasteiger partial charge in [-0.15, -0.1) is 0 Å². The summed E-state index contributed by atoms with van der Waals surface area (Å²) in [6.07, 6.45) is 0.362. The summed E-state index contributed by atoms with van der Waals surface area (Å²) in [5.41, 5.74) is 2.88. The number of nitrogens with one attached hydrogen (secondary N) is 1. The molecule has 2 amide bonds. The van der Waals surface area contributed by atoms with E-state index in [1.54, 1.807) is 4.90 Å². The lowest BCUT2D eigenvalue weighted by Crippen LogP contribution is -2.47. The zero-order valence-corrected chi connectivity index (χ0v) is 15.0. The van der Waals surface area contributed by atoms with E-state index in [2.05, 4.69) is 21.2 Å². The molecule has 1 unspecified atom stereocenters. The van der Waals surface area contributed by atoms with E-state index in [0.29, 0.717) is 19.5 Å². The Morgan fingerprint density at radius 1 is 1.21 bits per heavy atom. The molecule has 2 aromatic carbocycles. The van der Waals surface area contributed by atoms with Crippen molar-refractivity contribution in [2.75, 3.05) is 6.54 Å². The number of halogens is 1. The van der Waals surface area contributed by atoms with Crippen LogP contribution in [0.25, 0.3) is 0 Å². The van der Waals surface area contributed by atoms with Crippen molar-refractivity contribution in [2.24, 2.45) is 0 Å². The van der Waals surface area contributed by atoms with Gasteiger partial charge in [-0.2, -0.15) is 0 Å². The minimum atomic E-state index is -0.553. The Hall–Kier alpha value is -2.14. The minimum absolute atomic E-state index is 0.00000769. The third kappa shape index (κ3) is 3.36. The summed E-state index contributed by atoms with van der Waals surface area (Å²) >= 11 is 3.40. The number of hydrogen-bond donors (Lipinski definition) is 1. The van der Waals surface area contributed by atoms with Gasteiger partial charge in [-0.1, -0.05) is 52.3 Å². The van der Waals surface area contributed by atoms with Gasteiger partial charge in [0.05, 0.1) is 6.42 Å². The molecular formula is C19H19BrN2O2. The van der Waals surface area contributed by atoms with Crippen LogP contribution in [-0.4, -0.2) is 23.3 Å². The number of fused-ring (bicyclic) bond motifs is 1. The first-order valence-corrected chi connectivity index (χ1v) is 8.79. The smallest absolute Gasteiger partial charge is 0.247 e. The molecule has 0 aliphatic carbocycles. The Bertz CT molecular complexity index is 758. The van der Waals surface area contributed by atoms with Crippen LogP contribution in [0.4, 0.5) is 0 Å². The lowest BCUT2D eigenvalue weighted by Gasteiger charge is -2.35. The standard InChI is InChI=1S/C19H19BrN2O2/c1-2-22-17(23)11-14-5-3-4-6-16(14)18(22)19(24)21-12-13-7-9-15(20)10-8-13/h3-10,18H,2,11-12H2,1H3,(H,21,24). The Labute approximate surface area is 150 Å². The highest BCUT2D eigenvalue weighted by Crippen LogP contribution is 2.30. The van der Waals surface area contributed by atoms with E-state index < -0.39 is 6.04 Å². The number of amides is 2. The number of nitrogens with zero attached hydrogens (tertiary/aromatic N) is 1. The van der Waals surface area contributed by atoms with E-state index in [9.17, 15) is 9.59 Å². The van der Waals surface area contributed by atoms with Crippen molar-refractivity contribution in [3.8, 4) is 0 Å². The second kappa shape index (κ2) is 7.18. The van der Waals surface area contributed by atoms with Crippen molar-refractivity contribution in [1.29, 1.82) is 0 Å². The number of carbonyl (C=O) groups is 2. The van der Waals surface area contributed by atoms with E-state index >= 15 is 0 Å². The maximum absolute atomic E-state index is 12.8. The second-order valence-corrected chi connectivity index (χ2v) is 6.72. The van der Waals surface area contributed by atoms with Crippen molar-refractivity contribution < 1.29 is 9.59 Å². The van der Waals surface area contributed by atoms with Gasteiger partial charge >= 0.3 is 0 Å². The molecule has 1 atom stereocenters. The molecule has 0 saturated heterocycles. The summed E-state index contributed by atoms with van der Waals surface area (Å²) < 4.78 is 1.00. The quantitative estimate of drug-likeness (QED) is 0.876. The van der Waals surface area contributed by atoms with E-state index in [0.717, 1.165) is 21.2 Å². The van der Waals surface area contributed by atoms with Gasteiger partial charge in [-0.3, -0.25) is 9.59 Å². The lowest BCUT2D eigenvalue weighted by atomic mass is 9.91. The van der Waals surface area contributed by atoms with Gasteiger partial charge in [0.15, 0.2) is 0 Å². The summed E-state index contributed by atoms with van der Waals surface area (Å²) in [6, 6.07) is 14.9. The fourth-order valence-corrected chi connectivity index (χ4v) is 3.33. The molecule has 3 rings (SSSR count). The molecular weight excluding hydrogens is 368 g/mol.